The lowest BCUT2D eigenvalue weighted by atomic mass is 10.2. The van der Waals surface area contributed by atoms with Gasteiger partial charge in [-0.1, -0.05) is 18.7 Å². The molecule has 22 heavy (non-hydrogen) atoms. The highest BCUT2D eigenvalue weighted by molar-refractivity contribution is 6.00. The molecule has 0 aliphatic carbocycles. The minimum absolute atomic E-state index is 0.00928. The minimum Gasteiger partial charge on any atom is -0.507 e. The van der Waals surface area contributed by atoms with Gasteiger partial charge in [-0.15, -0.1) is 0 Å². The minimum atomic E-state index is -0.645. The van der Waals surface area contributed by atoms with E-state index in [2.05, 4.69) is 16.3 Å². The average Bonchev–Trinajstić information content (AvgIpc) is 2.51. The van der Waals surface area contributed by atoms with Gasteiger partial charge in [-0.2, -0.15) is 0 Å². The number of carbonyl (C=O) groups excluding carboxylic acids is 2. The first-order valence-electron chi connectivity index (χ1n) is 6.40. The lowest BCUT2D eigenvalue weighted by Gasteiger charge is -2.09. The number of phenolic OH excluding ortho intramolecular Hbond substituents is 1. The van der Waals surface area contributed by atoms with Crippen molar-refractivity contribution in [3.05, 3.63) is 48.2 Å². The molecule has 0 aromatic heterocycles. The van der Waals surface area contributed by atoms with Crippen molar-refractivity contribution in [3.63, 3.8) is 0 Å². The molecule has 1 aromatic rings. The first-order valence-corrected chi connectivity index (χ1v) is 6.40. The third-order valence-corrected chi connectivity index (χ3v) is 2.60. The normalized spacial score (nSPS) is 11.3. The van der Waals surface area contributed by atoms with E-state index in [-0.39, 0.29) is 29.4 Å². The van der Waals surface area contributed by atoms with Gasteiger partial charge >= 0.3 is 5.97 Å². The smallest absolute Gasteiger partial charge is 0.356 e. The predicted molar refractivity (Wildman–Crippen MR) is 82.4 cm³/mol. The number of ether oxygens (including phenoxy) is 2. The second-order valence-corrected chi connectivity index (χ2v) is 4.14. The van der Waals surface area contributed by atoms with Gasteiger partial charge in [-0.05, 0) is 25.1 Å². The summed E-state index contributed by atoms with van der Waals surface area (Å²) >= 11 is 0. The Balaban J connectivity index is 2.92. The summed E-state index contributed by atoms with van der Waals surface area (Å²) in [5, 5.41) is 9.58. The highest BCUT2D eigenvalue weighted by atomic mass is 16.5. The van der Waals surface area contributed by atoms with Crippen LogP contribution in [0.5, 0.6) is 11.5 Å². The number of hydrogen-bond acceptors (Lipinski definition) is 6. The molecule has 0 spiro atoms. The lowest BCUT2D eigenvalue weighted by molar-refractivity contribution is -0.136. The molecule has 1 aromatic carbocycles. The van der Waals surface area contributed by atoms with Gasteiger partial charge in [-0.25, -0.2) is 9.79 Å². The molecule has 6 heteroatoms. The Morgan fingerprint density at radius 1 is 1.45 bits per heavy atom. The number of aldehydes is 1. The van der Waals surface area contributed by atoms with Crippen molar-refractivity contribution < 1.29 is 24.2 Å². The maximum Gasteiger partial charge on any atom is 0.356 e. The summed E-state index contributed by atoms with van der Waals surface area (Å²) in [7, 11) is 1.23. The van der Waals surface area contributed by atoms with E-state index in [1.165, 1.54) is 13.2 Å². The number of aromatic hydroxyl groups is 1. The summed E-state index contributed by atoms with van der Waals surface area (Å²) in [5.74, 6) is -0.597. The van der Waals surface area contributed by atoms with Crippen LogP contribution < -0.4 is 4.74 Å². The number of carbonyl (C=O) groups is 2. The van der Waals surface area contributed by atoms with Crippen molar-refractivity contribution in [2.75, 3.05) is 13.7 Å². The van der Waals surface area contributed by atoms with Crippen LogP contribution in [-0.2, 0) is 9.53 Å². The molecule has 1 rings (SSSR count). The summed E-state index contributed by atoms with van der Waals surface area (Å²) in [6.07, 6.45) is 3.86. The molecule has 0 saturated heterocycles. The fourth-order valence-electron chi connectivity index (χ4n) is 1.58. The van der Waals surface area contributed by atoms with Gasteiger partial charge in [-0.3, -0.25) is 4.79 Å². The molecule has 0 unspecified atom stereocenters. The number of allylic oxidation sites excluding steroid dienone is 1. The van der Waals surface area contributed by atoms with Crippen LogP contribution in [0, 0.1) is 0 Å². The molecule has 0 aliphatic heterocycles. The van der Waals surface area contributed by atoms with E-state index in [9.17, 15) is 14.7 Å². The maximum atomic E-state index is 11.3. The molecule has 6 nitrogen and oxygen atoms in total. The van der Waals surface area contributed by atoms with Crippen LogP contribution in [0.2, 0.25) is 0 Å². The van der Waals surface area contributed by atoms with Crippen LogP contribution in [0.15, 0.2) is 47.6 Å². The van der Waals surface area contributed by atoms with Gasteiger partial charge in [0.25, 0.3) is 0 Å². The van der Waals surface area contributed by atoms with Gasteiger partial charge in [0.1, 0.15) is 23.8 Å². The maximum absolute atomic E-state index is 11.3. The summed E-state index contributed by atoms with van der Waals surface area (Å²) in [4.78, 5) is 26.3. The van der Waals surface area contributed by atoms with E-state index in [0.29, 0.717) is 12.0 Å². The van der Waals surface area contributed by atoms with E-state index in [0.717, 1.165) is 0 Å². The highest BCUT2D eigenvalue weighted by Crippen LogP contribution is 2.25. The zero-order valence-corrected chi connectivity index (χ0v) is 12.4. The number of aliphatic imine (C=N–C) groups is 1. The van der Waals surface area contributed by atoms with Crippen molar-refractivity contribution in [2.24, 2.45) is 4.99 Å². The second-order valence-electron chi connectivity index (χ2n) is 4.14. The van der Waals surface area contributed by atoms with Crippen molar-refractivity contribution in [2.45, 2.75) is 6.92 Å². The predicted octanol–water partition coefficient (Wildman–Crippen LogP) is 2.29. The molecule has 0 amide bonds. The Bertz CT molecular complexity index is 631. The van der Waals surface area contributed by atoms with Crippen molar-refractivity contribution in [1.82, 2.24) is 0 Å². The van der Waals surface area contributed by atoms with Crippen LogP contribution >= 0.6 is 0 Å². The average molecular weight is 303 g/mol. The van der Waals surface area contributed by atoms with Crippen molar-refractivity contribution >= 4 is 18.0 Å². The van der Waals surface area contributed by atoms with Crippen LogP contribution in [0.25, 0.3) is 0 Å². The first-order chi connectivity index (χ1) is 10.5. The monoisotopic (exact) mass is 303 g/mol. The Morgan fingerprint density at radius 2 is 2.18 bits per heavy atom. The number of rotatable bonds is 7. The van der Waals surface area contributed by atoms with Crippen LogP contribution in [0.1, 0.15) is 17.3 Å². The van der Waals surface area contributed by atoms with Crippen molar-refractivity contribution in [3.8, 4) is 11.5 Å². The Morgan fingerprint density at radius 3 is 2.77 bits per heavy atom. The standard InChI is InChI=1S/C16H17NO5/c1-4-6-12(17-11(2)16(20)21-3)10-22-15-8-5-7-14(19)13(15)9-18/h4-9,19H,2,10H2,1,3H3/b6-4-,17-12?. The molecular formula is C16H17NO5. The third-order valence-electron chi connectivity index (χ3n) is 2.60. The fraction of sp³-hybridized carbons (Fsp3) is 0.188. The molecular weight excluding hydrogens is 286 g/mol. The van der Waals surface area contributed by atoms with E-state index < -0.39 is 5.97 Å². The summed E-state index contributed by atoms with van der Waals surface area (Å²) in [5.41, 5.74) is 0.401. The molecule has 0 saturated carbocycles. The van der Waals surface area contributed by atoms with Gasteiger partial charge in [0, 0.05) is 0 Å². The van der Waals surface area contributed by atoms with Gasteiger partial charge in [0.05, 0.1) is 18.4 Å². The van der Waals surface area contributed by atoms with Gasteiger partial charge < -0.3 is 14.6 Å². The zero-order valence-electron chi connectivity index (χ0n) is 12.4. The molecule has 0 aliphatic rings. The molecule has 0 fully saturated rings. The fourth-order valence-corrected chi connectivity index (χ4v) is 1.58. The Kier molecular flexibility index (Phi) is 6.56. The van der Waals surface area contributed by atoms with Crippen LogP contribution in [-0.4, -0.2) is 36.8 Å². The Hall–Kier alpha value is -2.89. The molecule has 116 valence electrons. The SMILES string of the molecule is C=C(N=C(/C=C\C)COc1cccc(O)c1C=O)C(=O)OC. The molecule has 0 heterocycles. The van der Waals surface area contributed by atoms with E-state index in [1.807, 2.05) is 0 Å². The summed E-state index contributed by atoms with van der Waals surface area (Å²) in [6, 6.07) is 4.49. The molecule has 0 radical (unpaired) electrons. The number of benzene rings is 1. The summed E-state index contributed by atoms with van der Waals surface area (Å²) < 4.78 is 9.99. The molecule has 0 bridgehead atoms. The Labute approximate surface area is 128 Å². The summed E-state index contributed by atoms with van der Waals surface area (Å²) in [6.45, 7) is 5.27. The van der Waals surface area contributed by atoms with Gasteiger partial charge in [0.15, 0.2) is 6.29 Å². The van der Waals surface area contributed by atoms with E-state index in [1.54, 1.807) is 31.2 Å². The number of esters is 1. The second kappa shape index (κ2) is 8.41. The zero-order chi connectivity index (χ0) is 16.5. The lowest BCUT2D eigenvalue weighted by Crippen LogP contribution is -2.12. The van der Waals surface area contributed by atoms with E-state index in [4.69, 9.17) is 4.74 Å². The number of hydrogen-bond donors (Lipinski definition) is 1. The van der Waals surface area contributed by atoms with Crippen LogP contribution in [0.4, 0.5) is 0 Å². The van der Waals surface area contributed by atoms with Gasteiger partial charge in [0.2, 0.25) is 0 Å². The number of nitrogens with zero attached hydrogens (tertiary/aromatic N) is 1. The quantitative estimate of drug-likeness (QED) is 0.361. The number of phenols is 1. The number of methoxy groups -OCH3 is 1. The topological polar surface area (TPSA) is 85.2 Å². The highest BCUT2D eigenvalue weighted by Gasteiger charge is 2.10. The van der Waals surface area contributed by atoms with E-state index >= 15 is 0 Å². The molecule has 0 atom stereocenters. The van der Waals surface area contributed by atoms with Crippen molar-refractivity contribution in [1.29, 1.82) is 0 Å². The first kappa shape index (κ1) is 17.2. The largest absolute Gasteiger partial charge is 0.507 e. The third kappa shape index (κ3) is 4.59. The molecule has 1 N–H and O–H groups in total. The van der Waals surface area contributed by atoms with Crippen LogP contribution in [0.3, 0.4) is 0 Å².